The van der Waals surface area contributed by atoms with Crippen molar-refractivity contribution < 1.29 is 4.39 Å². The Bertz CT molecular complexity index is 389. The van der Waals surface area contributed by atoms with Crippen LogP contribution in [0.25, 0.3) is 0 Å². The molecule has 0 saturated carbocycles. The molecule has 74 valence electrons. The van der Waals surface area contributed by atoms with Gasteiger partial charge in [0.25, 0.3) is 0 Å². The third-order valence-electron chi connectivity index (χ3n) is 2.69. The van der Waals surface area contributed by atoms with Gasteiger partial charge >= 0.3 is 0 Å². The van der Waals surface area contributed by atoms with E-state index in [1.54, 1.807) is 4.68 Å². The zero-order valence-electron chi connectivity index (χ0n) is 8.13. The molecule has 1 unspecified atom stereocenters. The predicted molar refractivity (Wildman–Crippen MR) is 49.5 cm³/mol. The van der Waals surface area contributed by atoms with Crippen molar-refractivity contribution in [2.24, 2.45) is 0 Å². The first-order valence-electron chi connectivity index (χ1n) is 4.89. The van der Waals surface area contributed by atoms with E-state index in [0.29, 0.717) is 31.5 Å². The van der Waals surface area contributed by atoms with Crippen molar-refractivity contribution in [2.75, 3.05) is 0 Å². The molecule has 4 heteroatoms. The molecule has 0 saturated heterocycles. The lowest BCUT2D eigenvalue weighted by Gasteiger charge is -2.16. The second-order valence-corrected chi connectivity index (χ2v) is 3.54. The molecular weight excluding hydrogens is 181 g/mol. The molecule has 1 aromatic heterocycles. The number of aryl methyl sites for hydroxylation is 1. The summed E-state index contributed by atoms with van der Waals surface area (Å²) in [6.07, 6.45) is 0.824. The molecule has 2 rings (SSSR count). The molecule has 0 fully saturated rings. The second kappa shape index (κ2) is 3.41. The minimum Gasteiger partial charge on any atom is -0.268 e. The van der Waals surface area contributed by atoms with Gasteiger partial charge in [0.15, 0.2) is 5.69 Å². The fourth-order valence-electron chi connectivity index (χ4n) is 1.99. The van der Waals surface area contributed by atoms with Crippen LogP contribution in [-0.2, 0) is 19.4 Å². The zero-order chi connectivity index (χ0) is 10.1. The van der Waals surface area contributed by atoms with E-state index in [4.69, 9.17) is 5.26 Å². The van der Waals surface area contributed by atoms with E-state index in [9.17, 15) is 4.39 Å². The molecule has 0 radical (unpaired) electrons. The average Bonchev–Trinajstić information content (AvgIpc) is 2.55. The summed E-state index contributed by atoms with van der Waals surface area (Å²) in [6, 6.07) is 2.07. The van der Waals surface area contributed by atoms with E-state index in [-0.39, 0.29) is 0 Å². The summed E-state index contributed by atoms with van der Waals surface area (Å²) >= 11 is 0. The fourth-order valence-corrected chi connectivity index (χ4v) is 1.99. The van der Waals surface area contributed by atoms with E-state index in [1.807, 2.05) is 6.92 Å². The molecule has 1 atom stereocenters. The first-order valence-corrected chi connectivity index (χ1v) is 4.89. The van der Waals surface area contributed by atoms with Crippen LogP contribution in [0.4, 0.5) is 4.39 Å². The third-order valence-corrected chi connectivity index (χ3v) is 2.69. The average molecular weight is 193 g/mol. The maximum absolute atomic E-state index is 13.2. The van der Waals surface area contributed by atoms with E-state index < -0.39 is 6.17 Å². The van der Waals surface area contributed by atoms with Crippen LogP contribution in [-0.4, -0.2) is 16.0 Å². The Morgan fingerprint density at radius 1 is 1.71 bits per heavy atom. The van der Waals surface area contributed by atoms with Gasteiger partial charge in [-0.15, -0.1) is 0 Å². The fraction of sp³-hybridized carbons (Fsp3) is 0.600. The number of rotatable bonds is 1. The van der Waals surface area contributed by atoms with Crippen LogP contribution in [0.2, 0.25) is 0 Å². The Balaban J connectivity index is 2.48. The van der Waals surface area contributed by atoms with Crippen molar-refractivity contribution in [1.82, 2.24) is 9.78 Å². The van der Waals surface area contributed by atoms with Crippen molar-refractivity contribution in [2.45, 2.75) is 38.9 Å². The van der Waals surface area contributed by atoms with Gasteiger partial charge in [0, 0.05) is 24.2 Å². The molecule has 0 bridgehead atoms. The number of nitriles is 1. The van der Waals surface area contributed by atoms with Gasteiger partial charge in [-0.25, -0.2) is 4.39 Å². The Kier molecular flexibility index (Phi) is 2.24. The van der Waals surface area contributed by atoms with Crippen LogP contribution in [0.5, 0.6) is 0 Å². The van der Waals surface area contributed by atoms with Gasteiger partial charge in [-0.3, -0.25) is 4.68 Å². The Morgan fingerprint density at radius 2 is 2.50 bits per heavy atom. The van der Waals surface area contributed by atoms with Crippen LogP contribution in [0.3, 0.4) is 0 Å². The van der Waals surface area contributed by atoms with Gasteiger partial charge in [-0.2, -0.15) is 10.4 Å². The summed E-state index contributed by atoms with van der Waals surface area (Å²) in [5, 5.41) is 13.0. The first kappa shape index (κ1) is 9.20. The van der Waals surface area contributed by atoms with Crippen LogP contribution in [0.15, 0.2) is 0 Å². The number of hydrogen-bond acceptors (Lipinski definition) is 2. The summed E-state index contributed by atoms with van der Waals surface area (Å²) in [5.41, 5.74) is 2.36. The number of fused-ring (bicyclic) bond motifs is 1. The highest BCUT2D eigenvalue weighted by molar-refractivity contribution is 5.37. The molecule has 0 aliphatic heterocycles. The number of halogens is 1. The highest BCUT2D eigenvalue weighted by Gasteiger charge is 2.25. The topological polar surface area (TPSA) is 41.6 Å². The Morgan fingerprint density at radius 3 is 3.14 bits per heavy atom. The van der Waals surface area contributed by atoms with Crippen LogP contribution < -0.4 is 0 Å². The van der Waals surface area contributed by atoms with Crippen molar-refractivity contribution in [3.63, 3.8) is 0 Å². The molecule has 14 heavy (non-hydrogen) atoms. The highest BCUT2D eigenvalue weighted by atomic mass is 19.1. The van der Waals surface area contributed by atoms with Gasteiger partial charge in [0.05, 0.1) is 0 Å². The Hall–Kier alpha value is -1.37. The molecule has 1 aromatic rings. The van der Waals surface area contributed by atoms with Crippen molar-refractivity contribution >= 4 is 0 Å². The minimum absolute atomic E-state index is 0.415. The third kappa shape index (κ3) is 1.29. The predicted octanol–water partition coefficient (Wildman–Crippen LogP) is 1.60. The number of alkyl halides is 1. The summed E-state index contributed by atoms with van der Waals surface area (Å²) in [4.78, 5) is 0. The SMILES string of the molecule is CCn1nc(C#N)c2c1CC(F)CC2. The lowest BCUT2D eigenvalue weighted by molar-refractivity contribution is 0.294. The normalized spacial score (nSPS) is 20.2. The standard InChI is InChI=1S/C10H12FN3/c1-2-14-10-5-7(11)3-4-8(10)9(6-12)13-14/h7H,2-5H2,1H3. The zero-order valence-corrected chi connectivity index (χ0v) is 8.13. The van der Waals surface area contributed by atoms with Gasteiger partial charge in [0.2, 0.25) is 0 Å². The molecular formula is C10H12FN3. The maximum Gasteiger partial charge on any atom is 0.165 e. The quantitative estimate of drug-likeness (QED) is 0.679. The monoisotopic (exact) mass is 193 g/mol. The summed E-state index contributed by atoms with van der Waals surface area (Å²) in [7, 11) is 0. The smallest absolute Gasteiger partial charge is 0.165 e. The number of hydrogen-bond donors (Lipinski definition) is 0. The maximum atomic E-state index is 13.2. The molecule has 1 aliphatic rings. The first-order chi connectivity index (χ1) is 6.76. The van der Waals surface area contributed by atoms with Crippen LogP contribution in [0, 0.1) is 11.3 Å². The van der Waals surface area contributed by atoms with Crippen LogP contribution in [0.1, 0.15) is 30.3 Å². The summed E-state index contributed by atoms with van der Waals surface area (Å²) in [6.45, 7) is 2.66. The molecule has 0 spiro atoms. The lowest BCUT2D eigenvalue weighted by atomic mass is 9.94. The van der Waals surface area contributed by atoms with Gasteiger partial charge in [0.1, 0.15) is 12.2 Å². The molecule has 0 amide bonds. The minimum atomic E-state index is -0.768. The summed E-state index contributed by atoms with van der Waals surface area (Å²) < 4.78 is 14.9. The molecule has 1 heterocycles. The summed E-state index contributed by atoms with van der Waals surface area (Å²) in [5.74, 6) is 0. The largest absolute Gasteiger partial charge is 0.268 e. The van der Waals surface area contributed by atoms with Crippen molar-refractivity contribution in [3.05, 3.63) is 17.0 Å². The van der Waals surface area contributed by atoms with Gasteiger partial charge in [-0.1, -0.05) is 0 Å². The molecule has 3 nitrogen and oxygen atoms in total. The van der Waals surface area contributed by atoms with E-state index >= 15 is 0 Å². The van der Waals surface area contributed by atoms with Crippen molar-refractivity contribution in [1.29, 1.82) is 5.26 Å². The van der Waals surface area contributed by atoms with Gasteiger partial charge in [-0.05, 0) is 19.8 Å². The van der Waals surface area contributed by atoms with E-state index in [1.165, 1.54) is 0 Å². The van der Waals surface area contributed by atoms with Crippen molar-refractivity contribution in [3.8, 4) is 6.07 Å². The Labute approximate surface area is 82.1 Å². The lowest BCUT2D eigenvalue weighted by Crippen LogP contribution is -2.17. The molecule has 0 N–H and O–H groups in total. The number of nitrogens with zero attached hydrogens (tertiary/aromatic N) is 3. The van der Waals surface area contributed by atoms with Gasteiger partial charge < -0.3 is 0 Å². The molecule has 0 aromatic carbocycles. The molecule has 1 aliphatic carbocycles. The highest BCUT2D eigenvalue weighted by Crippen LogP contribution is 2.25. The second-order valence-electron chi connectivity index (χ2n) is 3.54. The van der Waals surface area contributed by atoms with E-state index in [0.717, 1.165) is 11.3 Å². The van der Waals surface area contributed by atoms with E-state index in [2.05, 4.69) is 11.2 Å². The van der Waals surface area contributed by atoms with Crippen LogP contribution >= 0.6 is 0 Å². The number of aromatic nitrogens is 2.